The lowest BCUT2D eigenvalue weighted by Gasteiger charge is -2.12. The molecule has 1 atom stereocenters. The van der Waals surface area contributed by atoms with E-state index in [0.717, 1.165) is 25.8 Å². The van der Waals surface area contributed by atoms with Gasteiger partial charge in [-0.2, -0.15) is 0 Å². The zero-order valence-electron chi connectivity index (χ0n) is 11.7. The minimum absolute atomic E-state index is 0.0981. The van der Waals surface area contributed by atoms with Crippen molar-refractivity contribution >= 4 is 15.7 Å². The maximum absolute atomic E-state index is 11.5. The van der Waals surface area contributed by atoms with Crippen LogP contribution in [0.3, 0.4) is 0 Å². The molecule has 0 aliphatic carbocycles. The number of amides is 1. The topological polar surface area (TPSA) is 75.3 Å². The van der Waals surface area contributed by atoms with E-state index >= 15 is 0 Å². The van der Waals surface area contributed by atoms with Gasteiger partial charge in [0.05, 0.1) is 5.75 Å². The summed E-state index contributed by atoms with van der Waals surface area (Å²) in [6.45, 7) is 5.22. The SMILES string of the molecule is CCCNC(C)CCCCS(=O)(=O)CC(=O)NC. The van der Waals surface area contributed by atoms with Crippen LogP contribution < -0.4 is 10.6 Å². The quantitative estimate of drug-likeness (QED) is 0.577. The Morgan fingerprint density at radius 2 is 1.94 bits per heavy atom. The predicted molar refractivity (Wildman–Crippen MR) is 74.3 cm³/mol. The highest BCUT2D eigenvalue weighted by Gasteiger charge is 2.15. The number of sulfone groups is 1. The van der Waals surface area contributed by atoms with Crippen molar-refractivity contribution in [3.05, 3.63) is 0 Å². The minimum atomic E-state index is -3.24. The lowest BCUT2D eigenvalue weighted by Crippen LogP contribution is -2.29. The van der Waals surface area contributed by atoms with E-state index in [1.165, 1.54) is 7.05 Å². The van der Waals surface area contributed by atoms with E-state index in [1.54, 1.807) is 0 Å². The molecule has 1 unspecified atom stereocenters. The van der Waals surface area contributed by atoms with Gasteiger partial charge in [0, 0.05) is 13.1 Å². The molecule has 0 aliphatic rings. The maximum atomic E-state index is 11.5. The number of carbonyl (C=O) groups is 1. The lowest BCUT2D eigenvalue weighted by molar-refractivity contribution is -0.118. The number of hydrogen-bond acceptors (Lipinski definition) is 4. The summed E-state index contributed by atoms with van der Waals surface area (Å²) in [5, 5.41) is 5.68. The van der Waals surface area contributed by atoms with Gasteiger partial charge in [0.2, 0.25) is 5.91 Å². The van der Waals surface area contributed by atoms with Gasteiger partial charge in [-0.3, -0.25) is 4.79 Å². The van der Waals surface area contributed by atoms with Crippen LogP contribution in [0.4, 0.5) is 0 Å². The summed E-state index contributed by atoms with van der Waals surface area (Å²) in [5.74, 6) is -0.735. The van der Waals surface area contributed by atoms with Crippen molar-refractivity contribution in [2.75, 3.05) is 25.1 Å². The highest BCUT2D eigenvalue weighted by molar-refractivity contribution is 7.92. The Kier molecular flexibility index (Phi) is 9.01. The third kappa shape index (κ3) is 9.41. The second kappa shape index (κ2) is 9.33. The summed E-state index contributed by atoms with van der Waals surface area (Å²) >= 11 is 0. The van der Waals surface area contributed by atoms with Gasteiger partial charge >= 0.3 is 0 Å². The van der Waals surface area contributed by atoms with Crippen LogP contribution in [0.15, 0.2) is 0 Å². The van der Waals surface area contributed by atoms with E-state index in [-0.39, 0.29) is 5.75 Å². The van der Waals surface area contributed by atoms with Crippen LogP contribution in [0, 0.1) is 0 Å². The van der Waals surface area contributed by atoms with Crippen molar-refractivity contribution in [2.45, 2.75) is 45.6 Å². The Morgan fingerprint density at radius 1 is 1.28 bits per heavy atom. The van der Waals surface area contributed by atoms with Gasteiger partial charge < -0.3 is 10.6 Å². The Hall–Kier alpha value is -0.620. The molecule has 0 fully saturated rings. The van der Waals surface area contributed by atoms with Crippen LogP contribution in [-0.2, 0) is 14.6 Å². The fraction of sp³-hybridized carbons (Fsp3) is 0.917. The Bertz CT molecular complexity index is 328. The van der Waals surface area contributed by atoms with E-state index in [4.69, 9.17) is 0 Å². The van der Waals surface area contributed by atoms with Crippen molar-refractivity contribution in [1.29, 1.82) is 0 Å². The molecule has 108 valence electrons. The fourth-order valence-electron chi connectivity index (χ4n) is 1.61. The molecule has 0 heterocycles. The van der Waals surface area contributed by atoms with E-state index in [9.17, 15) is 13.2 Å². The maximum Gasteiger partial charge on any atom is 0.234 e. The van der Waals surface area contributed by atoms with Crippen LogP contribution in [0.25, 0.3) is 0 Å². The van der Waals surface area contributed by atoms with Crippen LogP contribution in [0.1, 0.15) is 39.5 Å². The minimum Gasteiger partial charge on any atom is -0.358 e. The molecule has 0 radical (unpaired) electrons. The highest BCUT2D eigenvalue weighted by atomic mass is 32.2. The second-order valence-corrected chi connectivity index (χ2v) is 6.80. The van der Waals surface area contributed by atoms with Crippen LogP contribution in [0.5, 0.6) is 0 Å². The third-order valence-corrected chi connectivity index (χ3v) is 4.33. The Labute approximate surface area is 111 Å². The number of hydrogen-bond donors (Lipinski definition) is 2. The summed E-state index contributed by atoms with van der Waals surface area (Å²) in [6, 6.07) is 0.423. The largest absolute Gasteiger partial charge is 0.358 e. The van der Waals surface area contributed by atoms with Crippen molar-refractivity contribution in [3.63, 3.8) is 0 Å². The zero-order chi connectivity index (χ0) is 14.0. The van der Waals surface area contributed by atoms with Gasteiger partial charge in [-0.05, 0) is 32.7 Å². The molecule has 0 spiro atoms. The third-order valence-electron chi connectivity index (χ3n) is 2.72. The monoisotopic (exact) mass is 278 g/mol. The predicted octanol–water partition coefficient (Wildman–Crippen LogP) is 0.706. The average Bonchev–Trinajstić information content (AvgIpc) is 2.31. The highest BCUT2D eigenvalue weighted by Crippen LogP contribution is 2.04. The lowest BCUT2D eigenvalue weighted by atomic mass is 10.1. The van der Waals surface area contributed by atoms with Gasteiger partial charge in [-0.1, -0.05) is 13.3 Å². The van der Waals surface area contributed by atoms with Crippen LogP contribution >= 0.6 is 0 Å². The number of nitrogens with one attached hydrogen (secondary N) is 2. The summed E-state index contributed by atoms with van der Waals surface area (Å²) in [6.07, 6.45) is 3.56. The molecule has 0 saturated heterocycles. The van der Waals surface area contributed by atoms with Crippen molar-refractivity contribution < 1.29 is 13.2 Å². The Balaban J connectivity index is 3.74. The van der Waals surface area contributed by atoms with E-state index in [0.29, 0.717) is 12.5 Å². The second-order valence-electron chi connectivity index (χ2n) is 4.62. The molecule has 0 rings (SSSR count). The van der Waals surface area contributed by atoms with E-state index < -0.39 is 21.5 Å². The van der Waals surface area contributed by atoms with E-state index in [2.05, 4.69) is 24.5 Å². The standard InChI is InChI=1S/C12H26N2O3S/c1-4-8-14-11(2)7-5-6-9-18(16,17)10-12(15)13-3/h11,14H,4-10H2,1-3H3,(H,13,15). The first kappa shape index (κ1) is 17.4. The van der Waals surface area contributed by atoms with E-state index in [1.807, 2.05) is 0 Å². The smallest absolute Gasteiger partial charge is 0.234 e. The first-order valence-corrected chi connectivity index (χ1v) is 8.37. The average molecular weight is 278 g/mol. The summed E-state index contributed by atoms with van der Waals surface area (Å²) in [7, 11) is -1.80. The molecule has 0 aromatic rings. The molecule has 2 N–H and O–H groups in total. The molecule has 5 nitrogen and oxygen atoms in total. The van der Waals surface area contributed by atoms with Gasteiger partial charge in [-0.25, -0.2) is 8.42 Å². The Morgan fingerprint density at radius 3 is 2.50 bits per heavy atom. The molecular formula is C12H26N2O3S. The number of carbonyl (C=O) groups excluding carboxylic acids is 1. The molecule has 0 aromatic carbocycles. The number of unbranched alkanes of at least 4 members (excludes halogenated alkanes) is 1. The zero-order valence-corrected chi connectivity index (χ0v) is 12.5. The molecule has 0 bridgehead atoms. The van der Waals surface area contributed by atoms with Gasteiger partial charge in [0.1, 0.15) is 5.75 Å². The molecule has 0 aromatic heterocycles. The van der Waals surface area contributed by atoms with Crippen LogP contribution in [0.2, 0.25) is 0 Å². The molecular weight excluding hydrogens is 252 g/mol. The van der Waals surface area contributed by atoms with Gasteiger partial charge in [0.15, 0.2) is 9.84 Å². The molecule has 0 saturated carbocycles. The first-order chi connectivity index (χ1) is 8.41. The summed E-state index contributed by atoms with van der Waals surface area (Å²) < 4.78 is 23.1. The van der Waals surface area contributed by atoms with Gasteiger partial charge in [0.25, 0.3) is 0 Å². The molecule has 0 aliphatic heterocycles. The molecule has 1 amide bonds. The summed E-state index contributed by atoms with van der Waals surface area (Å²) in [5.41, 5.74) is 0. The van der Waals surface area contributed by atoms with Crippen molar-refractivity contribution in [1.82, 2.24) is 10.6 Å². The first-order valence-electron chi connectivity index (χ1n) is 6.55. The summed E-state index contributed by atoms with van der Waals surface area (Å²) in [4.78, 5) is 11.0. The fourth-order valence-corrected chi connectivity index (χ4v) is 2.94. The van der Waals surface area contributed by atoms with Crippen molar-refractivity contribution in [3.8, 4) is 0 Å². The van der Waals surface area contributed by atoms with Gasteiger partial charge in [-0.15, -0.1) is 0 Å². The van der Waals surface area contributed by atoms with Crippen molar-refractivity contribution in [2.24, 2.45) is 0 Å². The normalized spacial score (nSPS) is 13.3. The molecule has 6 heteroatoms. The molecule has 18 heavy (non-hydrogen) atoms. The number of rotatable bonds is 10. The van der Waals surface area contributed by atoms with Crippen LogP contribution in [-0.4, -0.2) is 45.5 Å².